The van der Waals surface area contributed by atoms with Crippen LogP contribution < -0.4 is 16.0 Å². The zero-order chi connectivity index (χ0) is 18.9. The summed E-state index contributed by atoms with van der Waals surface area (Å²) >= 11 is 0.973. The van der Waals surface area contributed by atoms with Crippen LogP contribution in [0.25, 0.3) is 0 Å². The molecular weight excluding hydrogens is 362 g/mol. The first-order chi connectivity index (χ1) is 12.5. The SMILES string of the molecule is C=CCNC(=O)NC(=O)COC(=O)c1ccc(NC(=O)c2ccco2)s1. The summed E-state index contributed by atoms with van der Waals surface area (Å²) in [7, 11) is 0. The molecule has 2 rings (SSSR count). The molecule has 0 saturated heterocycles. The zero-order valence-corrected chi connectivity index (χ0v) is 14.3. The normalized spacial score (nSPS) is 9.85. The number of ether oxygens (including phenoxy) is 1. The highest BCUT2D eigenvalue weighted by molar-refractivity contribution is 7.18. The van der Waals surface area contributed by atoms with E-state index in [0.29, 0.717) is 5.00 Å². The van der Waals surface area contributed by atoms with Crippen molar-refractivity contribution >= 4 is 40.2 Å². The van der Waals surface area contributed by atoms with Crippen LogP contribution in [-0.4, -0.2) is 37.0 Å². The van der Waals surface area contributed by atoms with Gasteiger partial charge in [0.2, 0.25) is 0 Å². The Morgan fingerprint density at radius 2 is 2.04 bits per heavy atom. The lowest BCUT2D eigenvalue weighted by Gasteiger charge is -2.05. The van der Waals surface area contributed by atoms with Crippen LogP contribution in [0.2, 0.25) is 0 Å². The number of imide groups is 1. The number of hydrogen-bond acceptors (Lipinski definition) is 7. The van der Waals surface area contributed by atoms with Crippen LogP contribution in [0.15, 0.2) is 47.6 Å². The maximum absolute atomic E-state index is 11.9. The molecule has 0 saturated carbocycles. The van der Waals surface area contributed by atoms with Crippen molar-refractivity contribution in [2.45, 2.75) is 0 Å². The molecule has 10 heteroatoms. The number of amides is 4. The summed E-state index contributed by atoms with van der Waals surface area (Å²) < 4.78 is 9.78. The van der Waals surface area contributed by atoms with Gasteiger partial charge in [-0.3, -0.25) is 14.9 Å². The van der Waals surface area contributed by atoms with Gasteiger partial charge in [-0.25, -0.2) is 9.59 Å². The largest absolute Gasteiger partial charge is 0.459 e. The van der Waals surface area contributed by atoms with Crippen LogP contribution in [0.3, 0.4) is 0 Å². The second-order valence-corrected chi connectivity index (χ2v) is 5.80. The predicted octanol–water partition coefficient (Wildman–Crippen LogP) is 1.76. The first-order valence-electron chi connectivity index (χ1n) is 7.30. The van der Waals surface area contributed by atoms with Gasteiger partial charge in [0, 0.05) is 6.54 Å². The van der Waals surface area contributed by atoms with E-state index < -0.39 is 30.4 Å². The Bertz CT molecular complexity index is 812. The molecule has 9 nitrogen and oxygen atoms in total. The number of hydrogen-bond donors (Lipinski definition) is 3. The minimum Gasteiger partial charge on any atom is -0.459 e. The monoisotopic (exact) mass is 377 g/mol. The molecule has 0 aliphatic carbocycles. The van der Waals surface area contributed by atoms with Gasteiger partial charge in [0.25, 0.3) is 11.8 Å². The molecule has 0 radical (unpaired) electrons. The van der Waals surface area contributed by atoms with Gasteiger partial charge in [0.1, 0.15) is 4.88 Å². The standard InChI is InChI=1S/C16H15N3O6S/c1-2-7-17-16(23)18-12(20)9-25-15(22)11-5-6-13(26-11)19-14(21)10-4-3-8-24-10/h2-6,8H,1,7,9H2,(H,19,21)(H2,17,18,20,23). The van der Waals surface area contributed by atoms with Gasteiger partial charge in [0.05, 0.1) is 11.3 Å². The molecule has 2 aromatic rings. The quantitative estimate of drug-likeness (QED) is 0.498. The Kier molecular flexibility index (Phi) is 6.68. The minimum atomic E-state index is -0.775. The van der Waals surface area contributed by atoms with E-state index in [0.717, 1.165) is 11.3 Å². The van der Waals surface area contributed by atoms with E-state index in [1.54, 1.807) is 6.07 Å². The first kappa shape index (κ1) is 18.9. The molecule has 0 spiro atoms. The van der Waals surface area contributed by atoms with Crippen molar-refractivity contribution in [1.82, 2.24) is 10.6 Å². The average Bonchev–Trinajstić information content (AvgIpc) is 3.29. The minimum absolute atomic E-state index is 0.133. The van der Waals surface area contributed by atoms with Gasteiger partial charge >= 0.3 is 12.0 Å². The fourth-order valence-corrected chi connectivity index (χ4v) is 2.47. The molecule has 0 fully saturated rings. The van der Waals surface area contributed by atoms with Crippen molar-refractivity contribution in [2.75, 3.05) is 18.5 Å². The molecule has 0 bridgehead atoms. The lowest BCUT2D eigenvalue weighted by atomic mass is 10.4. The van der Waals surface area contributed by atoms with Crippen LogP contribution in [0, 0.1) is 0 Å². The molecule has 3 N–H and O–H groups in total. The summed E-state index contributed by atoms with van der Waals surface area (Å²) in [6.45, 7) is 2.99. The summed E-state index contributed by atoms with van der Waals surface area (Å²) in [5, 5.41) is 7.31. The highest BCUT2D eigenvalue weighted by Crippen LogP contribution is 2.23. The lowest BCUT2D eigenvalue weighted by Crippen LogP contribution is -2.41. The van der Waals surface area contributed by atoms with E-state index in [1.807, 2.05) is 5.32 Å². The van der Waals surface area contributed by atoms with Gasteiger partial charge in [-0.1, -0.05) is 6.08 Å². The smallest absolute Gasteiger partial charge is 0.348 e. The number of anilines is 1. The van der Waals surface area contributed by atoms with E-state index in [-0.39, 0.29) is 17.2 Å². The van der Waals surface area contributed by atoms with Crippen LogP contribution in [0.4, 0.5) is 9.80 Å². The second kappa shape index (κ2) is 9.18. The van der Waals surface area contributed by atoms with Gasteiger partial charge in [-0.05, 0) is 24.3 Å². The van der Waals surface area contributed by atoms with Crippen molar-refractivity contribution in [3.8, 4) is 0 Å². The predicted molar refractivity (Wildman–Crippen MR) is 93.0 cm³/mol. The molecule has 2 aromatic heterocycles. The Morgan fingerprint density at radius 1 is 1.23 bits per heavy atom. The molecule has 0 unspecified atom stereocenters. The number of furan rings is 1. The Hall–Kier alpha value is -3.40. The third-order valence-corrected chi connectivity index (χ3v) is 3.76. The number of esters is 1. The summed E-state index contributed by atoms with van der Waals surface area (Å²) in [5.74, 6) is -1.85. The molecular formula is C16H15N3O6S. The van der Waals surface area contributed by atoms with Crippen LogP contribution in [0.5, 0.6) is 0 Å². The first-order valence-corrected chi connectivity index (χ1v) is 8.11. The van der Waals surface area contributed by atoms with E-state index in [1.165, 1.54) is 30.5 Å². The fourth-order valence-electron chi connectivity index (χ4n) is 1.67. The number of carbonyl (C=O) groups is 4. The third-order valence-electron chi connectivity index (χ3n) is 2.78. The zero-order valence-electron chi connectivity index (χ0n) is 13.4. The van der Waals surface area contributed by atoms with Gasteiger partial charge in [0.15, 0.2) is 12.4 Å². The molecule has 0 aliphatic rings. The third kappa shape index (κ3) is 5.60. The summed E-state index contributed by atoms with van der Waals surface area (Å²) in [4.78, 5) is 46.7. The maximum atomic E-state index is 11.9. The van der Waals surface area contributed by atoms with E-state index in [9.17, 15) is 19.2 Å². The van der Waals surface area contributed by atoms with Gasteiger partial charge < -0.3 is 19.8 Å². The van der Waals surface area contributed by atoms with Crippen molar-refractivity contribution in [1.29, 1.82) is 0 Å². The Labute approximate surface area is 152 Å². The maximum Gasteiger partial charge on any atom is 0.348 e. The Morgan fingerprint density at radius 3 is 2.73 bits per heavy atom. The molecule has 2 heterocycles. The topological polar surface area (TPSA) is 127 Å². The van der Waals surface area contributed by atoms with Crippen LogP contribution in [-0.2, 0) is 9.53 Å². The molecule has 4 amide bonds. The van der Waals surface area contributed by atoms with Gasteiger partial charge in [-0.15, -0.1) is 17.9 Å². The fraction of sp³-hybridized carbons (Fsp3) is 0.125. The van der Waals surface area contributed by atoms with Crippen molar-refractivity contribution < 1.29 is 28.3 Å². The van der Waals surface area contributed by atoms with Gasteiger partial charge in [-0.2, -0.15) is 0 Å². The number of thiophene rings is 1. The van der Waals surface area contributed by atoms with Crippen LogP contribution >= 0.6 is 11.3 Å². The Balaban J connectivity index is 1.80. The highest BCUT2D eigenvalue weighted by atomic mass is 32.1. The van der Waals surface area contributed by atoms with Crippen molar-refractivity contribution in [2.24, 2.45) is 0 Å². The average molecular weight is 377 g/mol. The number of nitrogens with one attached hydrogen (secondary N) is 3. The highest BCUT2D eigenvalue weighted by Gasteiger charge is 2.16. The van der Waals surface area contributed by atoms with E-state index >= 15 is 0 Å². The number of urea groups is 1. The molecule has 0 atom stereocenters. The lowest BCUT2D eigenvalue weighted by molar-refractivity contribution is -0.123. The van der Waals surface area contributed by atoms with Crippen molar-refractivity contribution in [3.05, 3.63) is 53.8 Å². The molecule has 0 aliphatic heterocycles. The number of rotatable bonds is 7. The van der Waals surface area contributed by atoms with E-state index in [4.69, 9.17) is 9.15 Å². The van der Waals surface area contributed by atoms with Crippen LogP contribution in [0.1, 0.15) is 20.2 Å². The molecule has 0 aromatic carbocycles. The molecule has 136 valence electrons. The summed E-state index contributed by atoms with van der Waals surface area (Å²) in [6, 6.07) is 5.33. The van der Waals surface area contributed by atoms with E-state index in [2.05, 4.69) is 17.2 Å². The summed E-state index contributed by atoms with van der Waals surface area (Å²) in [6.07, 6.45) is 2.82. The van der Waals surface area contributed by atoms with Crippen molar-refractivity contribution in [3.63, 3.8) is 0 Å². The molecule has 26 heavy (non-hydrogen) atoms. The number of carbonyl (C=O) groups excluding carboxylic acids is 4. The second-order valence-electron chi connectivity index (χ2n) is 4.72. The summed E-state index contributed by atoms with van der Waals surface area (Å²) in [5.41, 5.74) is 0.